The third-order valence-corrected chi connectivity index (χ3v) is 10.5. The molecule has 228 valence electrons. The zero-order valence-corrected chi connectivity index (χ0v) is 28.4. The minimum absolute atomic E-state index is 0. The van der Waals surface area contributed by atoms with E-state index in [-0.39, 0.29) is 43.2 Å². The second-order valence-corrected chi connectivity index (χ2v) is 14.5. The van der Waals surface area contributed by atoms with Gasteiger partial charge in [0.05, 0.1) is 5.54 Å². The fourth-order valence-corrected chi connectivity index (χ4v) is 7.89. The molecular weight excluding hydrogens is 703 g/mol. The monoisotopic (exact) mass is 748 g/mol. The Morgan fingerprint density at radius 2 is 1.71 bits per heavy atom. The summed E-state index contributed by atoms with van der Waals surface area (Å²) in [7, 11) is 0. The van der Waals surface area contributed by atoms with E-state index in [2.05, 4.69) is 64.7 Å². The second-order valence-electron chi connectivity index (χ2n) is 14.5. The third-order valence-electron chi connectivity index (χ3n) is 10.5. The summed E-state index contributed by atoms with van der Waals surface area (Å²) in [6.45, 7) is 15.9. The molecule has 2 heterocycles. The maximum absolute atomic E-state index is 10.5. The molecule has 2 aliphatic carbocycles. The molecule has 2 saturated carbocycles. The Bertz CT molecular complexity index is 1520. The minimum Gasteiger partial charge on any atom is -0.511 e. The molecule has 0 amide bonds. The Labute approximate surface area is 265 Å². The molecule has 5 nitrogen and oxygen atoms in total. The van der Waals surface area contributed by atoms with Crippen molar-refractivity contribution in [2.75, 3.05) is 0 Å². The van der Waals surface area contributed by atoms with Gasteiger partial charge in [-0.2, -0.15) is 0 Å². The smallest absolute Gasteiger partial charge is 0.217 e. The molecule has 6 rings (SSSR count). The predicted molar refractivity (Wildman–Crippen MR) is 165 cm³/mol. The summed E-state index contributed by atoms with van der Waals surface area (Å²) < 4.78 is 13.5. The number of aliphatic imine (C=N–C) groups is 1. The van der Waals surface area contributed by atoms with Crippen molar-refractivity contribution in [3.8, 4) is 17.4 Å². The Balaban J connectivity index is 0.00000353. The van der Waals surface area contributed by atoms with Gasteiger partial charge in [0.25, 0.3) is 0 Å². The third kappa shape index (κ3) is 5.08. The summed E-state index contributed by atoms with van der Waals surface area (Å²) in [5.41, 5.74) is 2.77. The molecule has 0 unspecified atom stereocenters. The molecule has 0 saturated heterocycles. The van der Waals surface area contributed by atoms with Gasteiger partial charge in [-0.3, -0.25) is 4.99 Å². The number of aryl methyl sites for hydroxylation is 1. The topological polar surface area (TPSA) is 63.9 Å². The summed E-state index contributed by atoms with van der Waals surface area (Å²) >= 11 is 0. The van der Waals surface area contributed by atoms with E-state index in [1.54, 1.807) is 6.07 Å². The van der Waals surface area contributed by atoms with E-state index >= 15 is 0 Å². The molecular formula is C36H45N2O3Pt-. The van der Waals surface area contributed by atoms with Crippen LogP contribution >= 0.6 is 0 Å². The molecule has 3 aliphatic rings. The van der Waals surface area contributed by atoms with Crippen molar-refractivity contribution in [1.82, 2.24) is 4.98 Å². The van der Waals surface area contributed by atoms with Crippen LogP contribution in [0.15, 0.2) is 41.4 Å². The first-order chi connectivity index (χ1) is 19.3. The maximum Gasteiger partial charge on any atom is 0.217 e. The molecule has 2 fully saturated rings. The van der Waals surface area contributed by atoms with Crippen LogP contribution in [0.1, 0.15) is 116 Å². The molecule has 1 N–H and O–H groups in total. The van der Waals surface area contributed by atoms with E-state index in [0.717, 1.165) is 35.8 Å². The summed E-state index contributed by atoms with van der Waals surface area (Å²) in [6.07, 6.45) is 9.38. The Morgan fingerprint density at radius 1 is 0.976 bits per heavy atom. The molecule has 0 spiro atoms. The van der Waals surface area contributed by atoms with Gasteiger partial charge < -0.3 is 14.6 Å². The van der Waals surface area contributed by atoms with E-state index in [0.29, 0.717) is 29.0 Å². The summed E-state index contributed by atoms with van der Waals surface area (Å²) in [6, 6.07) is 15.4. The van der Waals surface area contributed by atoms with E-state index in [4.69, 9.17) is 14.5 Å². The van der Waals surface area contributed by atoms with Gasteiger partial charge >= 0.3 is 0 Å². The number of hydrogen-bond acceptors (Lipinski definition) is 5. The quantitative estimate of drug-likeness (QED) is 0.270. The van der Waals surface area contributed by atoms with Crippen LogP contribution in [-0.2, 0) is 25.8 Å². The number of aromatic nitrogens is 1. The van der Waals surface area contributed by atoms with Gasteiger partial charge in [0.15, 0.2) is 0 Å². The normalized spacial score (nSPS) is 25.7. The molecule has 2 aromatic carbocycles. The van der Waals surface area contributed by atoms with Crippen molar-refractivity contribution in [3.05, 3.63) is 59.2 Å². The maximum atomic E-state index is 10.5. The summed E-state index contributed by atoms with van der Waals surface area (Å²) in [5.74, 6) is 2.35. The van der Waals surface area contributed by atoms with E-state index in [9.17, 15) is 5.11 Å². The number of fused-ring (bicyclic) bond motifs is 2. The number of aromatic hydroxyl groups is 1. The zero-order valence-electron chi connectivity index (χ0n) is 26.2. The summed E-state index contributed by atoms with van der Waals surface area (Å²) in [4.78, 5) is 10.1. The van der Waals surface area contributed by atoms with Gasteiger partial charge in [-0.25, -0.2) is 4.98 Å². The number of ether oxygens (including phenoxy) is 2. The SMILES string of the molecule is Cc1cc(O)c2nc(Oc3[c-]c(C4=N[C@@]5(C)C(C)(C)CCC[C@@]5(C(C)(C)C)O4)cc(C4CCCCC4)c3)ccc2c1.[Pt]. The van der Waals surface area contributed by atoms with Gasteiger partial charge in [0.2, 0.25) is 5.88 Å². The number of nitrogens with zero attached hydrogens (tertiary/aromatic N) is 2. The van der Waals surface area contributed by atoms with Crippen LogP contribution < -0.4 is 4.74 Å². The number of phenolic OH excluding ortho intramolecular Hbond substituents is 1. The van der Waals surface area contributed by atoms with Crippen molar-refractivity contribution in [1.29, 1.82) is 0 Å². The van der Waals surface area contributed by atoms with Crippen molar-refractivity contribution < 1.29 is 35.6 Å². The largest absolute Gasteiger partial charge is 0.511 e. The standard InChI is InChI=1S/C36H45N2O3.Pt/c1-23-18-25-14-15-30(37-31(25)29(39)19-23)40-28-21-26(24-12-9-8-10-13-24)20-27(22-28)32-38-35(7)34(5,6)16-11-17-36(35,41-32)33(2,3)4;/h14-15,18-21,24,39H,8-13,16-17H2,1-7H3;/q-1;/t35-,36-;/m0./s1. The van der Waals surface area contributed by atoms with Crippen LogP contribution in [0.25, 0.3) is 10.9 Å². The van der Waals surface area contributed by atoms with Crippen LogP contribution in [0.4, 0.5) is 0 Å². The van der Waals surface area contributed by atoms with Crippen LogP contribution in [-0.4, -0.2) is 27.1 Å². The van der Waals surface area contributed by atoms with Crippen molar-refractivity contribution in [2.24, 2.45) is 15.8 Å². The first-order valence-electron chi connectivity index (χ1n) is 15.5. The van der Waals surface area contributed by atoms with Gasteiger partial charge in [-0.15, -0.1) is 11.6 Å². The first kappa shape index (κ1) is 31.0. The Morgan fingerprint density at radius 3 is 2.40 bits per heavy atom. The Kier molecular flexibility index (Phi) is 8.10. The fourth-order valence-electron chi connectivity index (χ4n) is 7.89. The van der Waals surface area contributed by atoms with Crippen LogP contribution in [0, 0.1) is 23.8 Å². The van der Waals surface area contributed by atoms with Crippen molar-refractivity contribution in [3.63, 3.8) is 0 Å². The number of hydrogen-bond donors (Lipinski definition) is 1. The molecule has 42 heavy (non-hydrogen) atoms. The molecule has 0 radical (unpaired) electrons. The van der Waals surface area contributed by atoms with Crippen LogP contribution in [0.5, 0.6) is 17.4 Å². The van der Waals surface area contributed by atoms with E-state index < -0.39 is 5.60 Å². The average Bonchev–Trinajstić information content (AvgIpc) is 3.25. The second kappa shape index (κ2) is 11.0. The molecule has 3 aromatic rings. The van der Waals surface area contributed by atoms with Crippen molar-refractivity contribution >= 4 is 16.8 Å². The number of rotatable bonds is 4. The molecule has 1 aliphatic heterocycles. The number of pyridine rings is 1. The molecule has 6 heteroatoms. The van der Waals surface area contributed by atoms with Crippen LogP contribution in [0.2, 0.25) is 0 Å². The summed E-state index contributed by atoms with van der Waals surface area (Å²) in [5, 5.41) is 11.4. The number of phenols is 1. The number of benzene rings is 2. The van der Waals surface area contributed by atoms with Crippen molar-refractivity contribution in [2.45, 2.75) is 117 Å². The van der Waals surface area contributed by atoms with E-state index in [1.807, 2.05) is 25.1 Å². The minimum atomic E-state index is -0.400. The fraction of sp³-hybridized carbons (Fsp3) is 0.556. The predicted octanol–water partition coefficient (Wildman–Crippen LogP) is 9.42. The average molecular weight is 749 g/mol. The zero-order chi connectivity index (χ0) is 29.2. The first-order valence-corrected chi connectivity index (χ1v) is 15.5. The molecule has 2 atom stereocenters. The van der Waals surface area contributed by atoms with Gasteiger partial charge in [-0.1, -0.05) is 71.6 Å². The van der Waals surface area contributed by atoms with Gasteiger partial charge in [-0.05, 0) is 81.0 Å². The Hall–Kier alpha value is -2.39. The molecule has 1 aromatic heterocycles. The van der Waals surface area contributed by atoms with Crippen LogP contribution in [0.3, 0.4) is 0 Å². The van der Waals surface area contributed by atoms with Gasteiger partial charge in [0.1, 0.15) is 22.8 Å². The molecule has 0 bridgehead atoms. The van der Waals surface area contributed by atoms with Gasteiger partial charge in [0, 0.05) is 43.7 Å². The van der Waals surface area contributed by atoms with E-state index in [1.165, 1.54) is 37.7 Å².